The van der Waals surface area contributed by atoms with E-state index in [-0.39, 0.29) is 17.4 Å². The number of nitrogens with zero attached hydrogens (tertiary/aromatic N) is 5. The monoisotopic (exact) mass is 491 g/mol. The second-order valence-electron chi connectivity index (χ2n) is 8.33. The van der Waals surface area contributed by atoms with Crippen LogP contribution < -0.4 is 10.3 Å². The van der Waals surface area contributed by atoms with Crippen LogP contribution in [0.1, 0.15) is 25.5 Å². The number of hydrogen-bond donors (Lipinski definition) is 0. The van der Waals surface area contributed by atoms with Gasteiger partial charge in [-0.2, -0.15) is 23.4 Å². The summed E-state index contributed by atoms with van der Waals surface area (Å²) in [6.07, 6.45) is -1.79. The van der Waals surface area contributed by atoms with Crippen molar-refractivity contribution >= 4 is 5.52 Å². The molecule has 1 aromatic carbocycles. The van der Waals surface area contributed by atoms with Crippen LogP contribution in [0, 0.1) is 0 Å². The molecule has 182 valence electrons. The first-order chi connectivity index (χ1) is 17.2. The molecule has 0 saturated heterocycles. The molecule has 0 unspecified atom stereocenters. The first-order valence-corrected chi connectivity index (χ1v) is 11.1. The molecule has 0 N–H and O–H groups in total. The lowest BCUT2D eigenvalue weighted by atomic mass is 10.0. The van der Waals surface area contributed by atoms with Crippen LogP contribution in [0.5, 0.6) is 11.6 Å². The molecule has 7 nitrogen and oxygen atoms in total. The SMILES string of the molecule is CC(C)n1nc(-c2c(-c3ccccc3)nn3ccc(Oc4ncccc4C(F)(F)F)cc23)ccc1=O. The van der Waals surface area contributed by atoms with E-state index in [1.807, 2.05) is 44.2 Å². The average molecular weight is 491 g/mol. The van der Waals surface area contributed by atoms with Gasteiger partial charge in [0.2, 0.25) is 5.88 Å². The van der Waals surface area contributed by atoms with Crippen molar-refractivity contribution in [3.8, 4) is 34.1 Å². The van der Waals surface area contributed by atoms with E-state index >= 15 is 0 Å². The summed E-state index contributed by atoms with van der Waals surface area (Å²) in [5.74, 6) is -0.408. The second kappa shape index (κ2) is 8.95. The van der Waals surface area contributed by atoms with Crippen molar-refractivity contribution in [2.45, 2.75) is 26.1 Å². The van der Waals surface area contributed by atoms with Crippen molar-refractivity contribution in [3.63, 3.8) is 0 Å². The molecule has 5 aromatic rings. The number of halogens is 3. The van der Waals surface area contributed by atoms with Crippen molar-refractivity contribution < 1.29 is 17.9 Å². The number of rotatable bonds is 5. The molecule has 10 heteroatoms. The lowest BCUT2D eigenvalue weighted by molar-refractivity contribution is -0.138. The molecular weight excluding hydrogens is 471 g/mol. The van der Waals surface area contributed by atoms with Gasteiger partial charge in [0.15, 0.2) is 0 Å². The zero-order valence-electron chi connectivity index (χ0n) is 19.3. The van der Waals surface area contributed by atoms with Gasteiger partial charge in [-0.3, -0.25) is 4.79 Å². The summed E-state index contributed by atoms with van der Waals surface area (Å²) < 4.78 is 48.9. The zero-order valence-corrected chi connectivity index (χ0v) is 19.3. The van der Waals surface area contributed by atoms with Gasteiger partial charge in [0.1, 0.15) is 17.0 Å². The quantitative estimate of drug-likeness (QED) is 0.301. The molecule has 0 aliphatic carbocycles. The topological polar surface area (TPSA) is 74.3 Å². The van der Waals surface area contributed by atoms with E-state index in [0.717, 1.165) is 11.6 Å². The third-order valence-corrected chi connectivity index (χ3v) is 5.52. The van der Waals surface area contributed by atoms with Gasteiger partial charge in [-0.1, -0.05) is 30.3 Å². The molecule has 0 amide bonds. The zero-order chi connectivity index (χ0) is 25.4. The molecular formula is C26H20F3N5O2. The van der Waals surface area contributed by atoms with E-state index in [0.29, 0.717) is 22.5 Å². The van der Waals surface area contributed by atoms with Crippen LogP contribution in [0.4, 0.5) is 13.2 Å². The molecule has 0 bridgehead atoms. The number of alkyl halides is 3. The predicted octanol–water partition coefficient (Wildman–Crippen LogP) is 6.01. The smallest absolute Gasteiger partial charge is 0.421 e. The molecule has 0 saturated carbocycles. The summed E-state index contributed by atoms with van der Waals surface area (Å²) in [4.78, 5) is 16.1. The van der Waals surface area contributed by atoms with E-state index in [4.69, 9.17) is 9.84 Å². The molecule has 36 heavy (non-hydrogen) atoms. The van der Waals surface area contributed by atoms with Gasteiger partial charge < -0.3 is 4.74 Å². The van der Waals surface area contributed by atoms with Crippen molar-refractivity contribution in [1.82, 2.24) is 24.4 Å². The van der Waals surface area contributed by atoms with Crippen LogP contribution in [-0.2, 0) is 6.18 Å². The molecule has 0 aliphatic rings. The Labute approximate surface area is 203 Å². The summed E-state index contributed by atoms with van der Waals surface area (Å²) in [5, 5.41) is 9.26. The van der Waals surface area contributed by atoms with Crippen LogP contribution in [-0.4, -0.2) is 24.4 Å². The fourth-order valence-corrected chi connectivity index (χ4v) is 3.87. The number of aromatic nitrogens is 5. The number of benzene rings is 1. The number of hydrogen-bond acceptors (Lipinski definition) is 5. The Hall–Kier alpha value is -4.47. The second-order valence-corrected chi connectivity index (χ2v) is 8.33. The molecule has 5 rings (SSSR count). The lowest BCUT2D eigenvalue weighted by Crippen LogP contribution is -2.23. The van der Waals surface area contributed by atoms with Crippen LogP contribution in [0.3, 0.4) is 0 Å². The normalized spacial score (nSPS) is 11.8. The summed E-state index contributed by atoms with van der Waals surface area (Å²) in [6, 6.07) is 17.5. The largest absolute Gasteiger partial charge is 0.438 e. The first kappa shape index (κ1) is 23.3. The molecule has 0 atom stereocenters. The summed E-state index contributed by atoms with van der Waals surface area (Å²) in [6.45, 7) is 3.70. The first-order valence-electron chi connectivity index (χ1n) is 11.1. The highest BCUT2D eigenvalue weighted by molar-refractivity contribution is 5.91. The van der Waals surface area contributed by atoms with Gasteiger partial charge in [0.05, 0.1) is 22.8 Å². The maximum absolute atomic E-state index is 13.4. The van der Waals surface area contributed by atoms with Crippen molar-refractivity contribution in [3.05, 3.63) is 95.0 Å². The molecule has 0 spiro atoms. The Bertz CT molecular complexity index is 1610. The Morgan fingerprint density at radius 1 is 0.944 bits per heavy atom. The van der Waals surface area contributed by atoms with Crippen LogP contribution >= 0.6 is 0 Å². The minimum absolute atomic E-state index is 0.143. The summed E-state index contributed by atoms with van der Waals surface area (Å²) >= 11 is 0. The van der Waals surface area contributed by atoms with Gasteiger partial charge in [0.25, 0.3) is 5.56 Å². The highest BCUT2D eigenvalue weighted by Gasteiger charge is 2.35. The minimum Gasteiger partial charge on any atom is -0.438 e. The van der Waals surface area contributed by atoms with Crippen LogP contribution in [0.25, 0.3) is 28.0 Å². The molecule has 0 fully saturated rings. The summed E-state index contributed by atoms with van der Waals surface area (Å²) in [5.41, 5.74) is 1.83. The fourth-order valence-electron chi connectivity index (χ4n) is 3.87. The van der Waals surface area contributed by atoms with Gasteiger partial charge in [-0.15, -0.1) is 0 Å². The van der Waals surface area contributed by atoms with Crippen LogP contribution in [0.2, 0.25) is 0 Å². The van der Waals surface area contributed by atoms with E-state index in [2.05, 4.69) is 10.1 Å². The fraction of sp³-hybridized carbons (Fsp3) is 0.154. The Morgan fingerprint density at radius 2 is 1.72 bits per heavy atom. The maximum atomic E-state index is 13.4. The van der Waals surface area contributed by atoms with Gasteiger partial charge >= 0.3 is 6.18 Å². The number of pyridine rings is 2. The molecule has 4 aromatic heterocycles. The third kappa shape index (κ3) is 4.33. The van der Waals surface area contributed by atoms with E-state index < -0.39 is 17.6 Å². The van der Waals surface area contributed by atoms with Gasteiger partial charge in [0, 0.05) is 30.1 Å². The van der Waals surface area contributed by atoms with E-state index in [9.17, 15) is 18.0 Å². The molecule has 4 heterocycles. The van der Waals surface area contributed by atoms with E-state index in [1.165, 1.54) is 29.1 Å². The summed E-state index contributed by atoms with van der Waals surface area (Å²) in [7, 11) is 0. The highest BCUT2D eigenvalue weighted by Crippen LogP contribution is 2.38. The Morgan fingerprint density at radius 3 is 2.44 bits per heavy atom. The molecule has 0 aliphatic heterocycles. The van der Waals surface area contributed by atoms with Gasteiger partial charge in [-0.05, 0) is 38.1 Å². The predicted molar refractivity (Wildman–Crippen MR) is 128 cm³/mol. The molecule has 0 radical (unpaired) electrons. The minimum atomic E-state index is -4.62. The van der Waals surface area contributed by atoms with E-state index in [1.54, 1.807) is 22.8 Å². The van der Waals surface area contributed by atoms with Crippen molar-refractivity contribution in [1.29, 1.82) is 0 Å². The average Bonchev–Trinajstić information content (AvgIpc) is 3.23. The maximum Gasteiger partial charge on any atom is 0.421 e. The third-order valence-electron chi connectivity index (χ3n) is 5.52. The Kier molecular flexibility index (Phi) is 5.79. The van der Waals surface area contributed by atoms with Gasteiger partial charge in [-0.25, -0.2) is 14.2 Å². The van der Waals surface area contributed by atoms with Crippen molar-refractivity contribution in [2.24, 2.45) is 0 Å². The number of fused-ring (bicyclic) bond motifs is 1. The Balaban J connectivity index is 1.71. The van der Waals surface area contributed by atoms with Crippen molar-refractivity contribution in [2.75, 3.05) is 0 Å². The highest BCUT2D eigenvalue weighted by atomic mass is 19.4. The lowest BCUT2D eigenvalue weighted by Gasteiger charge is -2.12. The number of ether oxygens (including phenoxy) is 1. The van der Waals surface area contributed by atoms with Crippen LogP contribution in [0.15, 0.2) is 83.9 Å². The standard InChI is InChI=1S/C26H20F3N5O2/c1-16(2)34-22(35)11-10-20(31-34)23-21-15-18(36-25-19(26(27,28)29)9-6-13-30-25)12-14-33(21)32-24(23)17-7-4-3-5-8-17/h3-16H,1-2H3.